The fourth-order valence-corrected chi connectivity index (χ4v) is 1.46. The molecule has 0 bridgehead atoms. The molecule has 1 aliphatic rings. The monoisotopic (exact) mass is 164 g/mol. The van der Waals surface area contributed by atoms with Crippen LogP contribution in [0.5, 0.6) is 0 Å². The maximum atomic E-state index is 9.11. The predicted octanol–water partition coefficient (Wildman–Crippen LogP) is 2.12. The van der Waals surface area contributed by atoms with Crippen LogP contribution in [-0.2, 0) is 0 Å². The molecule has 12 heavy (non-hydrogen) atoms. The summed E-state index contributed by atoms with van der Waals surface area (Å²) in [5.74, 6) is 6.79. The van der Waals surface area contributed by atoms with Gasteiger partial charge in [-0.3, -0.25) is 0 Å². The summed E-state index contributed by atoms with van der Waals surface area (Å²) in [7, 11) is 0. The second-order valence-corrected chi connectivity index (χ2v) is 3.31. The van der Waals surface area contributed by atoms with Crippen molar-refractivity contribution in [2.75, 3.05) is 0 Å². The van der Waals surface area contributed by atoms with Crippen molar-refractivity contribution in [2.45, 2.75) is 38.2 Å². The van der Waals surface area contributed by atoms with Crippen LogP contribution in [0.1, 0.15) is 32.1 Å². The van der Waals surface area contributed by atoms with Crippen LogP contribution in [0.4, 0.5) is 0 Å². The smallest absolute Gasteiger partial charge is 0.0827 e. The van der Waals surface area contributed by atoms with E-state index in [1.54, 1.807) is 0 Å². The van der Waals surface area contributed by atoms with Gasteiger partial charge in [0.05, 0.1) is 6.10 Å². The maximum absolute atomic E-state index is 9.11. The summed E-state index contributed by atoms with van der Waals surface area (Å²) >= 11 is 0. The van der Waals surface area contributed by atoms with E-state index in [2.05, 4.69) is 18.4 Å². The average molecular weight is 164 g/mol. The van der Waals surface area contributed by atoms with E-state index in [0.29, 0.717) is 12.3 Å². The molecule has 0 saturated heterocycles. The second kappa shape index (κ2) is 5.00. The number of rotatable bonds is 2. The van der Waals surface area contributed by atoms with Crippen LogP contribution in [0, 0.1) is 17.8 Å². The minimum absolute atomic E-state index is 0.445. The molecule has 1 aliphatic carbocycles. The first-order valence-corrected chi connectivity index (χ1v) is 4.62. The van der Waals surface area contributed by atoms with Crippen LogP contribution in [0.25, 0.3) is 0 Å². The Morgan fingerprint density at radius 2 is 2.17 bits per heavy atom. The number of hydrogen-bond donors (Lipinski definition) is 1. The Bertz CT molecular complexity index is 191. The molecular formula is C11H16O. The molecule has 1 rings (SSSR count). The molecule has 1 unspecified atom stereocenters. The molecular weight excluding hydrogens is 148 g/mol. The van der Waals surface area contributed by atoms with E-state index >= 15 is 0 Å². The Morgan fingerprint density at radius 1 is 1.50 bits per heavy atom. The van der Waals surface area contributed by atoms with Crippen LogP contribution in [-0.4, -0.2) is 11.2 Å². The van der Waals surface area contributed by atoms with Crippen LogP contribution in [0.3, 0.4) is 0 Å². The molecule has 1 nitrogen and oxygen atoms in total. The highest BCUT2D eigenvalue weighted by Crippen LogP contribution is 2.23. The number of aliphatic hydroxyl groups is 1. The zero-order chi connectivity index (χ0) is 8.81. The van der Waals surface area contributed by atoms with Crippen molar-refractivity contribution in [1.29, 1.82) is 0 Å². The predicted molar refractivity (Wildman–Crippen MR) is 50.6 cm³/mol. The molecule has 0 aromatic heterocycles. The Balaban J connectivity index is 2.22. The first kappa shape index (κ1) is 9.35. The highest BCUT2D eigenvalue weighted by atomic mass is 16.3. The van der Waals surface area contributed by atoms with Gasteiger partial charge in [-0.2, -0.15) is 0 Å². The van der Waals surface area contributed by atoms with Gasteiger partial charge in [0, 0.05) is 12.3 Å². The van der Waals surface area contributed by atoms with E-state index in [4.69, 9.17) is 5.11 Å². The standard InChI is InChI=1S/C11H16O/c1-2-11(12)9-5-8-10-6-3-4-7-10/h2,10-12H,1,3-4,6-7,9H2. The van der Waals surface area contributed by atoms with Crippen LogP contribution < -0.4 is 0 Å². The van der Waals surface area contributed by atoms with Gasteiger partial charge in [-0.25, -0.2) is 0 Å². The Morgan fingerprint density at radius 3 is 2.75 bits per heavy atom. The van der Waals surface area contributed by atoms with Crippen molar-refractivity contribution in [3.63, 3.8) is 0 Å². The van der Waals surface area contributed by atoms with E-state index in [-0.39, 0.29) is 0 Å². The number of aliphatic hydroxyl groups excluding tert-OH is 1. The first-order valence-electron chi connectivity index (χ1n) is 4.62. The average Bonchev–Trinajstić information content (AvgIpc) is 2.57. The van der Waals surface area contributed by atoms with Crippen molar-refractivity contribution < 1.29 is 5.11 Å². The normalized spacial score (nSPS) is 19.8. The maximum Gasteiger partial charge on any atom is 0.0827 e. The fraction of sp³-hybridized carbons (Fsp3) is 0.636. The third-order valence-electron chi connectivity index (χ3n) is 2.24. The second-order valence-electron chi connectivity index (χ2n) is 3.31. The minimum atomic E-state index is -0.445. The van der Waals surface area contributed by atoms with Crippen LogP contribution >= 0.6 is 0 Å². The summed E-state index contributed by atoms with van der Waals surface area (Å²) in [5.41, 5.74) is 0. The van der Waals surface area contributed by atoms with Gasteiger partial charge in [0.25, 0.3) is 0 Å². The molecule has 0 aromatic rings. The van der Waals surface area contributed by atoms with Gasteiger partial charge in [0.2, 0.25) is 0 Å². The molecule has 1 fully saturated rings. The lowest BCUT2D eigenvalue weighted by atomic mass is 10.1. The Kier molecular flexibility index (Phi) is 3.90. The molecule has 0 spiro atoms. The van der Waals surface area contributed by atoms with E-state index < -0.39 is 6.10 Å². The van der Waals surface area contributed by atoms with Gasteiger partial charge >= 0.3 is 0 Å². The summed E-state index contributed by atoms with van der Waals surface area (Å²) in [6.07, 6.45) is 6.77. The van der Waals surface area contributed by atoms with Crippen molar-refractivity contribution in [1.82, 2.24) is 0 Å². The van der Waals surface area contributed by atoms with E-state index in [1.165, 1.54) is 31.8 Å². The third-order valence-corrected chi connectivity index (χ3v) is 2.24. The fourth-order valence-electron chi connectivity index (χ4n) is 1.46. The van der Waals surface area contributed by atoms with E-state index in [9.17, 15) is 0 Å². The molecule has 0 heterocycles. The van der Waals surface area contributed by atoms with Crippen molar-refractivity contribution in [2.24, 2.45) is 5.92 Å². The zero-order valence-electron chi connectivity index (χ0n) is 7.42. The SMILES string of the molecule is C=CC(O)CC#CC1CCCC1. The molecule has 0 amide bonds. The lowest BCUT2D eigenvalue weighted by Gasteiger charge is -1.98. The summed E-state index contributed by atoms with van der Waals surface area (Å²) in [6.45, 7) is 3.49. The largest absolute Gasteiger partial charge is 0.388 e. The molecule has 0 aliphatic heterocycles. The van der Waals surface area contributed by atoms with Gasteiger partial charge in [-0.1, -0.05) is 30.8 Å². The molecule has 0 radical (unpaired) electrons. The minimum Gasteiger partial charge on any atom is -0.388 e. The summed E-state index contributed by atoms with van der Waals surface area (Å²) in [5, 5.41) is 9.11. The lowest BCUT2D eigenvalue weighted by Crippen LogP contribution is -1.98. The quantitative estimate of drug-likeness (QED) is 0.489. The molecule has 0 aromatic carbocycles. The molecule has 1 atom stereocenters. The first-order chi connectivity index (χ1) is 5.83. The highest BCUT2D eigenvalue weighted by Gasteiger charge is 2.11. The van der Waals surface area contributed by atoms with Crippen LogP contribution in [0.2, 0.25) is 0 Å². The van der Waals surface area contributed by atoms with Crippen molar-refractivity contribution in [3.8, 4) is 11.8 Å². The van der Waals surface area contributed by atoms with Crippen molar-refractivity contribution in [3.05, 3.63) is 12.7 Å². The van der Waals surface area contributed by atoms with Gasteiger partial charge in [-0.15, -0.1) is 6.58 Å². The van der Waals surface area contributed by atoms with Crippen molar-refractivity contribution >= 4 is 0 Å². The van der Waals surface area contributed by atoms with Gasteiger partial charge in [-0.05, 0) is 12.8 Å². The van der Waals surface area contributed by atoms with Gasteiger partial charge in [0.1, 0.15) is 0 Å². The summed E-state index contributed by atoms with van der Waals surface area (Å²) in [4.78, 5) is 0. The summed E-state index contributed by atoms with van der Waals surface area (Å²) < 4.78 is 0. The van der Waals surface area contributed by atoms with E-state index in [0.717, 1.165) is 0 Å². The molecule has 1 saturated carbocycles. The van der Waals surface area contributed by atoms with Gasteiger partial charge in [0.15, 0.2) is 0 Å². The van der Waals surface area contributed by atoms with Crippen LogP contribution in [0.15, 0.2) is 12.7 Å². The highest BCUT2D eigenvalue weighted by molar-refractivity contribution is 5.07. The number of hydrogen-bond acceptors (Lipinski definition) is 1. The molecule has 1 N–H and O–H groups in total. The zero-order valence-corrected chi connectivity index (χ0v) is 7.42. The Hall–Kier alpha value is -0.740. The molecule has 66 valence electrons. The topological polar surface area (TPSA) is 20.2 Å². The van der Waals surface area contributed by atoms with E-state index in [1.807, 2.05) is 0 Å². The summed E-state index contributed by atoms with van der Waals surface area (Å²) in [6, 6.07) is 0. The Labute approximate surface area is 74.5 Å². The lowest BCUT2D eigenvalue weighted by molar-refractivity contribution is 0.229. The van der Waals surface area contributed by atoms with Gasteiger partial charge < -0.3 is 5.11 Å². The molecule has 1 heteroatoms. The third kappa shape index (κ3) is 3.11.